The normalized spacial score (nSPS) is 23.3. The largest absolute Gasteiger partial charge is 0.488 e. The fourth-order valence-corrected chi connectivity index (χ4v) is 5.03. The lowest BCUT2D eigenvalue weighted by Gasteiger charge is -2.33. The zero-order valence-electron chi connectivity index (χ0n) is 17.4. The van der Waals surface area contributed by atoms with Crippen LogP contribution in [0.5, 0.6) is 5.75 Å². The Morgan fingerprint density at radius 3 is 2.97 bits per heavy atom. The number of rotatable bonds is 4. The van der Waals surface area contributed by atoms with Crippen molar-refractivity contribution in [1.29, 1.82) is 0 Å². The molecule has 2 aliphatic heterocycles. The van der Waals surface area contributed by atoms with Crippen molar-refractivity contribution in [2.75, 3.05) is 25.0 Å². The minimum Gasteiger partial charge on any atom is -0.488 e. The van der Waals surface area contributed by atoms with E-state index in [4.69, 9.17) is 16.3 Å². The van der Waals surface area contributed by atoms with Gasteiger partial charge in [0.1, 0.15) is 23.5 Å². The zero-order valence-corrected chi connectivity index (χ0v) is 19.1. The van der Waals surface area contributed by atoms with Crippen LogP contribution >= 0.6 is 11.6 Å². The predicted molar refractivity (Wildman–Crippen MR) is 120 cm³/mol. The van der Waals surface area contributed by atoms with Gasteiger partial charge in [-0.3, -0.25) is 0 Å². The van der Waals surface area contributed by atoms with Crippen LogP contribution in [-0.4, -0.2) is 65.0 Å². The van der Waals surface area contributed by atoms with Crippen LogP contribution in [0, 0.1) is 12.7 Å². The second-order valence-corrected chi connectivity index (χ2v) is 9.25. The molecule has 3 aromatic rings. The summed E-state index contributed by atoms with van der Waals surface area (Å²) in [7, 11) is 0. The maximum Gasteiger partial charge on any atom is 0.223 e. The molecule has 0 radical (unpaired) electrons. The van der Waals surface area contributed by atoms with E-state index in [9.17, 15) is 9.32 Å². The number of aryl methyl sites for hydroxylation is 1. The number of aromatic nitrogens is 4. The van der Waals surface area contributed by atoms with Gasteiger partial charge in [0.15, 0.2) is 11.6 Å². The number of hydrogen-bond donors (Lipinski definition) is 3. The van der Waals surface area contributed by atoms with Gasteiger partial charge in [-0.15, -0.1) is 0 Å². The first-order chi connectivity index (χ1) is 15.4. The molecule has 0 spiro atoms. The Bertz CT molecular complexity index is 1220. The molecule has 3 atom stereocenters. The molecule has 0 aliphatic carbocycles. The van der Waals surface area contributed by atoms with Gasteiger partial charge in [0.2, 0.25) is 5.95 Å². The second-order valence-electron chi connectivity index (χ2n) is 8.11. The monoisotopic (exact) mass is 480 g/mol. The summed E-state index contributed by atoms with van der Waals surface area (Å²) in [4.78, 5) is 13.1. The van der Waals surface area contributed by atoms with Gasteiger partial charge in [-0.2, -0.15) is 0 Å². The lowest BCUT2D eigenvalue weighted by Crippen LogP contribution is -2.48. The van der Waals surface area contributed by atoms with E-state index in [0.717, 1.165) is 0 Å². The van der Waals surface area contributed by atoms with E-state index in [1.807, 2.05) is 18.4 Å². The molecular weight excluding hydrogens is 459 g/mol. The van der Waals surface area contributed by atoms with Crippen molar-refractivity contribution in [1.82, 2.24) is 23.8 Å². The van der Waals surface area contributed by atoms with E-state index in [-0.39, 0.29) is 47.0 Å². The third-order valence-corrected chi connectivity index (χ3v) is 6.81. The minimum absolute atomic E-state index is 0.0149. The average Bonchev–Trinajstić information content (AvgIpc) is 3.14. The van der Waals surface area contributed by atoms with Gasteiger partial charge in [-0.25, -0.2) is 27.9 Å². The highest BCUT2D eigenvalue weighted by atomic mass is 35.5. The number of piperidine rings is 1. The number of aliphatic hydroxyl groups excluding tert-OH is 1. The topological polar surface area (TPSA) is 105 Å². The Balaban J connectivity index is 1.56. The Hall–Kier alpha value is -2.34. The third-order valence-electron chi connectivity index (χ3n) is 5.94. The molecule has 170 valence electrons. The molecule has 0 unspecified atom stereocenters. The van der Waals surface area contributed by atoms with Crippen molar-refractivity contribution >= 4 is 40.4 Å². The first kappa shape index (κ1) is 21.5. The highest BCUT2D eigenvalue weighted by Gasteiger charge is 2.30. The molecule has 2 N–H and O–H groups in total. The van der Waals surface area contributed by atoms with Gasteiger partial charge in [0, 0.05) is 18.7 Å². The summed E-state index contributed by atoms with van der Waals surface area (Å²) in [6.07, 6.45) is 1.25. The third kappa shape index (κ3) is 3.53. The van der Waals surface area contributed by atoms with Gasteiger partial charge in [-0.05, 0) is 26.3 Å². The molecule has 32 heavy (non-hydrogen) atoms. The van der Waals surface area contributed by atoms with Crippen LogP contribution in [0.3, 0.4) is 0 Å². The predicted octanol–water partition coefficient (Wildman–Crippen LogP) is 2.26. The molecule has 1 fully saturated rings. The summed E-state index contributed by atoms with van der Waals surface area (Å²) >= 11 is 6.31. The zero-order chi connectivity index (χ0) is 22.6. The van der Waals surface area contributed by atoms with E-state index >= 15 is 4.39 Å². The van der Waals surface area contributed by atoms with E-state index < -0.39 is 11.9 Å². The van der Waals surface area contributed by atoms with Crippen LogP contribution in [0.1, 0.15) is 25.2 Å². The van der Waals surface area contributed by atoms with Crippen molar-refractivity contribution < 1.29 is 18.4 Å². The van der Waals surface area contributed by atoms with Crippen LogP contribution in [0.2, 0.25) is 5.02 Å². The standard InChI is InChI=1S/C20H22ClFN6O3S/c1-9-8-31-19-11(5-13(22)17-18(19)28(9)10(2)24-17)16-12(21)6-23-20(26-16)25-14-3-4-27(32-30)7-15(14)29/h5-6,9,14-15,29,32H,3-4,7-8H2,1-2H3,(H,23,25,26)/t9-,14-,15-/m1/s1. The number of benzene rings is 1. The summed E-state index contributed by atoms with van der Waals surface area (Å²) in [5.41, 5.74) is 1.58. The molecule has 5 rings (SSSR count). The molecule has 2 aliphatic rings. The van der Waals surface area contributed by atoms with Gasteiger partial charge >= 0.3 is 0 Å². The van der Waals surface area contributed by atoms with Crippen molar-refractivity contribution in [3.63, 3.8) is 0 Å². The highest BCUT2D eigenvalue weighted by Crippen LogP contribution is 2.43. The van der Waals surface area contributed by atoms with Gasteiger partial charge in [-0.1, -0.05) is 11.6 Å². The van der Waals surface area contributed by atoms with Crippen LogP contribution in [0.15, 0.2) is 12.3 Å². The van der Waals surface area contributed by atoms with Crippen LogP contribution in [0.4, 0.5) is 10.3 Å². The van der Waals surface area contributed by atoms with Gasteiger partial charge in [0.05, 0.1) is 47.0 Å². The summed E-state index contributed by atoms with van der Waals surface area (Å²) in [5.74, 6) is 0.960. The van der Waals surface area contributed by atoms with E-state index in [1.165, 1.54) is 12.3 Å². The van der Waals surface area contributed by atoms with Gasteiger partial charge < -0.3 is 19.7 Å². The van der Waals surface area contributed by atoms with Gasteiger partial charge in [0.25, 0.3) is 0 Å². The van der Waals surface area contributed by atoms with Crippen LogP contribution in [0.25, 0.3) is 22.3 Å². The molecule has 2 aromatic heterocycles. The number of nitrogens with zero attached hydrogens (tertiary/aromatic N) is 5. The Kier molecular flexibility index (Phi) is 5.52. The molecule has 0 amide bonds. The number of thiol groups is 1. The maximum absolute atomic E-state index is 15.0. The number of imidazole rings is 1. The van der Waals surface area contributed by atoms with Crippen molar-refractivity contribution in [3.8, 4) is 17.0 Å². The SMILES string of the molecule is Cc1nc2c(F)cc(-c3nc(N[C@@H]4CCN([SH]=O)C[C@H]4O)ncc3Cl)c3c2n1[C@H](C)CO3. The summed E-state index contributed by atoms with van der Waals surface area (Å²) in [6, 6.07) is 1.03. The number of halogens is 2. The number of hydrogen-bond acceptors (Lipinski definition) is 7. The molecular formula is C20H22ClFN6O3S. The van der Waals surface area contributed by atoms with Crippen LogP contribution < -0.4 is 10.1 Å². The average molecular weight is 481 g/mol. The molecule has 12 heteroatoms. The second kappa shape index (κ2) is 8.22. The molecule has 0 bridgehead atoms. The summed E-state index contributed by atoms with van der Waals surface area (Å²) in [6.45, 7) is 5.07. The maximum atomic E-state index is 15.0. The van der Waals surface area contributed by atoms with Crippen molar-refractivity contribution in [2.45, 2.75) is 38.5 Å². The highest BCUT2D eigenvalue weighted by molar-refractivity contribution is 7.63. The lowest BCUT2D eigenvalue weighted by molar-refractivity contribution is 0.0980. The number of aliphatic hydroxyl groups is 1. The quantitative estimate of drug-likeness (QED) is 0.492. The fourth-order valence-electron chi connectivity index (χ4n) is 4.40. The van der Waals surface area contributed by atoms with E-state index in [2.05, 4.69) is 20.3 Å². The Morgan fingerprint density at radius 2 is 2.22 bits per heavy atom. The number of β-amino-alcohol motifs (C(OH)–C–C–N with tert-alkyl or cyclic N) is 1. The molecule has 4 heterocycles. The first-order valence-corrected chi connectivity index (χ1v) is 11.4. The summed E-state index contributed by atoms with van der Waals surface area (Å²) < 4.78 is 35.7. The Labute approximate surface area is 192 Å². The number of ether oxygens (including phenoxy) is 1. The Morgan fingerprint density at radius 1 is 1.41 bits per heavy atom. The van der Waals surface area contributed by atoms with E-state index in [0.29, 0.717) is 47.9 Å². The fraction of sp³-hybridized carbons (Fsp3) is 0.450. The molecule has 0 saturated carbocycles. The molecule has 1 saturated heterocycles. The number of anilines is 1. The van der Waals surface area contributed by atoms with Crippen LogP contribution in [-0.2, 0) is 11.9 Å². The summed E-state index contributed by atoms with van der Waals surface area (Å²) in [5, 5.41) is 13.7. The lowest BCUT2D eigenvalue weighted by atomic mass is 10.0. The molecule has 1 aromatic carbocycles. The van der Waals surface area contributed by atoms with E-state index in [1.54, 1.807) is 4.31 Å². The first-order valence-electron chi connectivity index (χ1n) is 10.3. The number of nitrogens with one attached hydrogen (secondary N) is 1. The minimum atomic E-state index is -0.745. The molecule has 9 nitrogen and oxygen atoms in total. The van der Waals surface area contributed by atoms with Crippen molar-refractivity contribution in [3.05, 3.63) is 28.9 Å². The van der Waals surface area contributed by atoms with Crippen molar-refractivity contribution in [2.24, 2.45) is 0 Å². The smallest absolute Gasteiger partial charge is 0.223 e.